The molecule has 9 atom stereocenters. The van der Waals surface area contributed by atoms with Gasteiger partial charge >= 0.3 is 11.9 Å². The van der Waals surface area contributed by atoms with Crippen molar-refractivity contribution < 1.29 is 47.8 Å². The molecule has 15 heteroatoms. The molecule has 1 rings (SSSR count). The minimum atomic E-state index is -1.20. The number of hydrogen-bond acceptors (Lipinski definition) is 10. The summed E-state index contributed by atoms with van der Waals surface area (Å²) in [6.45, 7) is 18.4. The molecule has 61 heavy (non-hydrogen) atoms. The summed E-state index contributed by atoms with van der Waals surface area (Å²) in [5.74, 6) is -2.90. The topological polar surface area (TPSA) is 181 Å². The number of methoxy groups -OCH3 is 2. The summed E-state index contributed by atoms with van der Waals surface area (Å²) in [6, 6.07) is -4.90. The van der Waals surface area contributed by atoms with Crippen molar-refractivity contribution in [1.82, 2.24) is 25.3 Å². The van der Waals surface area contributed by atoms with E-state index in [4.69, 9.17) is 20.6 Å². The number of unbranched alkanes of at least 4 members (excludes halogenated alkanes) is 1. The fourth-order valence-corrected chi connectivity index (χ4v) is 7.82. The Kier molecular flexibility index (Phi) is 24.3. The Morgan fingerprint density at radius 1 is 0.770 bits per heavy atom. The Balaban J connectivity index is 3.26. The smallest absolute Gasteiger partial charge is 0.329 e. The van der Waals surface area contributed by atoms with Crippen LogP contribution in [0.4, 0.5) is 0 Å². The number of terminal acetylenes is 1. The van der Waals surface area contributed by atoms with E-state index in [0.717, 1.165) is 12.8 Å². The van der Waals surface area contributed by atoms with Gasteiger partial charge in [-0.25, -0.2) is 9.59 Å². The summed E-state index contributed by atoms with van der Waals surface area (Å²) in [7, 11) is 5.98. The third-order valence-electron chi connectivity index (χ3n) is 12.1. The molecule has 2 N–H and O–H groups in total. The Labute approximate surface area is 366 Å². The van der Waals surface area contributed by atoms with Gasteiger partial charge in [0, 0.05) is 46.5 Å². The highest BCUT2D eigenvalue weighted by Crippen LogP contribution is 2.26. The van der Waals surface area contributed by atoms with Crippen molar-refractivity contribution in [3.8, 4) is 12.3 Å². The Hall–Kier alpha value is -4.19. The lowest BCUT2D eigenvalue weighted by atomic mass is 9.94. The van der Waals surface area contributed by atoms with Crippen LogP contribution in [-0.2, 0) is 47.8 Å². The first kappa shape index (κ1) is 54.8. The average molecular weight is 862 g/mol. The highest BCUT2D eigenvalue weighted by molar-refractivity contribution is 5.96. The zero-order valence-electron chi connectivity index (χ0n) is 39.7. The summed E-state index contributed by atoms with van der Waals surface area (Å²) >= 11 is 0. The summed E-state index contributed by atoms with van der Waals surface area (Å²) in [4.78, 5) is 100. The third kappa shape index (κ3) is 15.9. The van der Waals surface area contributed by atoms with Crippen LogP contribution in [-0.4, -0.2) is 133 Å². The van der Waals surface area contributed by atoms with E-state index in [1.54, 1.807) is 62.6 Å². The maximum atomic E-state index is 14.3. The number of hydrogen-bond donors (Lipinski definition) is 2. The van der Waals surface area contributed by atoms with E-state index in [2.05, 4.69) is 16.6 Å². The molecule has 0 bridgehead atoms. The molecule has 0 aliphatic carbocycles. The molecule has 0 aromatic carbocycles. The monoisotopic (exact) mass is 862 g/mol. The largest absolute Gasteiger partial charge is 0.467 e. The molecule has 0 radical (unpaired) electrons. The van der Waals surface area contributed by atoms with Gasteiger partial charge in [-0.2, -0.15) is 0 Å². The van der Waals surface area contributed by atoms with Crippen molar-refractivity contribution in [1.29, 1.82) is 0 Å². The molecule has 0 spiro atoms. The van der Waals surface area contributed by atoms with Crippen LogP contribution in [0.3, 0.4) is 0 Å². The van der Waals surface area contributed by atoms with Crippen LogP contribution < -0.4 is 10.6 Å². The Morgan fingerprint density at radius 2 is 1.34 bits per heavy atom. The van der Waals surface area contributed by atoms with Gasteiger partial charge in [0.05, 0.1) is 13.2 Å². The fourth-order valence-electron chi connectivity index (χ4n) is 7.82. The van der Waals surface area contributed by atoms with Crippen molar-refractivity contribution in [3.05, 3.63) is 0 Å². The van der Waals surface area contributed by atoms with E-state index in [-0.39, 0.29) is 24.3 Å². The lowest BCUT2D eigenvalue weighted by molar-refractivity contribution is -0.172. The molecule has 0 saturated carbocycles. The molecule has 5 amide bonds. The SMILES string of the molecule is C#CCCCC(CCCC(=O)N(C)C(C(=O)NC(C(=O)NC(C(=O)N(C)C(C(=O)OC(C(=O)N1CCCC1C(=O)OC)C(C)CC)C(C)C)C(C)C)C(C)C)C(C)CC)OC. The van der Waals surface area contributed by atoms with E-state index >= 15 is 0 Å². The van der Waals surface area contributed by atoms with Crippen molar-refractivity contribution in [2.45, 2.75) is 176 Å². The maximum Gasteiger partial charge on any atom is 0.329 e. The van der Waals surface area contributed by atoms with E-state index in [1.807, 2.05) is 20.8 Å². The number of esters is 2. The normalized spacial score (nSPS) is 17.9. The molecular weight excluding hydrogens is 783 g/mol. The van der Waals surface area contributed by atoms with Crippen LogP contribution in [0.15, 0.2) is 0 Å². The first-order valence-corrected chi connectivity index (χ1v) is 22.3. The number of likely N-dealkylation sites (tertiary alicyclic amines) is 1. The Bertz CT molecular complexity index is 1490. The van der Waals surface area contributed by atoms with Crippen LogP contribution in [0.1, 0.15) is 133 Å². The zero-order chi connectivity index (χ0) is 46.7. The fraction of sp³-hybridized carbons (Fsp3) is 0.804. The van der Waals surface area contributed by atoms with Crippen LogP contribution in [0.2, 0.25) is 0 Å². The zero-order valence-corrected chi connectivity index (χ0v) is 39.7. The van der Waals surface area contributed by atoms with Gasteiger partial charge in [-0.1, -0.05) is 75.7 Å². The van der Waals surface area contributed by atoms with Gasteiger partial charge < -0.3 is 39.5 Å². The van der Waals surface area contributed by atoms with Gasteiger partial charge in [0.15, 0.2) is 6.10 Å². The molecule has 15 nitrogen and oxygen atoms in total. The average Bonchev–Trinajstić information content (AvgIpc) is 3.72. The van der Waals surface area contributed by atoms with Crippen molar-refractivity contribution in [2.24, 2.45) is 29.6 Å². The first-order valence-electron chi connectivity index (χ1n) is 22.3. The minimum Gasteiger partial charge on any atom is -0.467 e. The van der Waals surface area contributed by atoms with Gasteiger partial charge in [0.25, 0.3) is 5.91 Å². The van der Waals surface area contributed by atoms with Crippen molar-refractivity contribution in [2.75, 3.05) is 34.9 Å². The van der Waals surface area contributed by atoms with Gasteiger partial charge in [-0.3, -0.25) is 24.0 Å². The molecule has 1 fully saturated rings. The van der Waals surface area contributed by atoms with Crippen LogP contribution in [0, 0.1) is 41.9 Å². The Morgan fingerprint density at radius 3 is 1.85 bits per heavy atom. The molecule has 348 valence electrons. The third-order valence-corrected chi connectivity index (χ3v) is 12.1. The molecule has 0 aromatic heterocycles. The van der Waals surface area contributed by atoms with Gasteiger partial charge in [-0.05, 0) is 68.6 Å². The second-order valence-electron chi connectivity index (χ2n) is 17.7. The predicted octanol–water partition coefficient (Wildman–Crippen LogP) is 4.73. The maximum absolute atomic E-state index is 14.3. The number of carbonyl (C=O) groups excluding carboxylic acids is 7. The second kappa shape index (κ2) is 27.0. The first-order chi connectivity index (χ1) is 28.6. The van der Waals surface area contributed by atoms with E-state index in [0.29, 0.717) is 51.5 Å². The predicted molar refractivity (Wildman–Crippen MR) is 234 cm³/mol. The van der Waals surface area contributed by atoms with Crippen LogP contribution >= 0.6 is 0 Å². The van der Waals surface area contributed by atoms with Gasteiger partial charge in [-0.15, -0.1) is 12.3 Å². The molecule has 1 aliphatic rings. The number of nitrogens with zero attached hydrogens (tertiary/aromatic N) is 3. The number of likely N-dealkylation sites (N-methyl/N-ethyl adjacent to an activating group) is 2. The molecule has 9 unspecified atom stereocenters. The number of nitrogens with one attached hydrogen (secondary N) is 2. The number of amides is 5. The summed E-state index contributed by atoms with van der Waals surface area (Å²) in [6.07, 6.45) is 10.1. The minimum absolute atomic E-state index is 0.0158. The standard InChI is InChI=1S/C46H79N5O10/c1-16-19-20-23-33(59-14)24-21-26-35(52)49(12)39(31(10)17-2)42(54)47-36(28(4)5)41(53)48-37(29(6)7)43(55)50(13)38(30(8)9)46(58)61-40(32(11)18-3)44(56)51-27-22-25-34(51)45(57)60-15/h1,28-34,36-40H,17-27H2,2-15H3,(H,47,54)(H,48,53). The molecule has 0 aromatic rings. The lowest BCUT2D eigenvalue weighted by Crippen LogP contribution is -2.61. The summed E-state index contributed by atoms with van der Waals surface area (Å²) in [5.41, 5.74) is 0. The van der Waals surface area contributed by atoms with Gasteiger partial charge in [0.1, 0.15) is 30.2 Å². The van der Waals surface area contributed by atoms with E-state index in [1.165, 1.54) is 28.9 Å². The van der Waals surface area contributed by atoms with Crippen molar-refractivity contribution in [3.63, 3.8) is 0 Å². The van der Waals surface area contributed by atoms with Crippen molar-refractivity contribution >= 4 is 41.5 Å². The van der Waals surface area contributed by atoms with Crippen LogP contribution in [0.5, 0.6) is 0 Å². The summed E-state index contributed by atoms with van der Waals surface area (Å²) < 4.78 is 16.5. The molecule has 1 saturated heterocycles. The molecular formula is C46H79N5O10. The number of rotatable bonds is 26. The number of ether oxygens (including phenoxy) is 3. The van der Waals surface area contributed by atoms with Gasteiger partial charge in [0.2, 0.25) is 23.6 Å². The molecule has 1 aliphatic heterocycles. The highest BCUT2D eigenvalue weighted by atomic mass is 16.6. The number of carbonyl (C=O) groups is 7. The molecule has 1 heterocycles. The lowest BCUT2D eigenvalue weighted by Gasteiger charge is -2.36. The van der Waals surface area contributed by atoms with Crippen LogP contribution in [0.25, 0.3) is 0 Å². The summed E-state index contributed by atoms with van der Waals surface area (Å²) in [5, 5.41) is 5.74. The van der Waals surface area contributed by atoms with E-state index < -0.39 is 95.6 Å². The van der Waals surface area contributed by atoms with E-state index in [9.17, 15) is 33.6 Å². The highest BCUT2D eigenvalue weighted by Gasteiger charge is 2.44. The quantitative estimate of drug-likeness (QED) is 0.0701. The second-order valence-corrected chi connectivity index (χ2v) is 17.7.